The summed E-state index contributed by atoms with van der Waals surface area (Å²) in [5, 5.41) is 3.97. The highest BCUT2D eigenvalue weighted by molar-refractivity contribution is 6.31. The molecule has 0 unspecified atom stereocenters. The highest BCUT2D eigenvalue weighted by atomic mass is 35.5. The van der Waals surface area contributed by atoms with E-state index in [1.54, 1.807) is 0 Å². The number of hydrogen-bond acceptors (Lipinski definition) is 3. The predicted molar refractivity (Wildman–Crippen MR) is 64.4 cm³/mol. The SMILES string of the molecule is CCNCc1cc2c(cc1Cl)OCCCO2. The highest BCUT2D eigenvalue weighted by Gasteiger charge is 2.13. The van der Waals surface area contributed by atoms with Gasteiger partial charge in [0.1, 0.15) is 0 Å². The zero-order valence-electron chi connectivity index (χ0n) is 9.38. The molecule has 1 aromatic rings. The van der Waals surface area contributed by atoms with Crippen LogP contribution in [0.1, 0.15) is 18.9 Å². The van der Waals surface area contributed by atoms with Crippen LogP contribution in [-0.2, 0) is 6.54 Å². The van der Waals surface area contributed by atoms with Crippen LogP contribution in [-0.4, -0.2) is 19.8 Å². The van der Waals surface area contributed by atoms with Crippen molar-refractivity contribution >= 4 is 11.6 Å². The Morgan fingerprint density at radius 2 is 1.94 bits per heavy atom. The molecule has 3 nitrogen and oxygen atoms in total. The molecule has 2 rings (SSSR count). The van der Waals surface area contributed by atoms with Crippen LogP contribution < -0.4 is 14.8 Å². The van der Waals surface area contributed by atoms with Gasteiger partial charge in [-0.1, -0.05) is 18.5 Å². The first-order valence-corrected chi connectivity index (χ1v) is 5.98. The van der Waals surface area contributed by atoms with Crippen molar-refractivity contribution in [3.8, 4) is 11.5 Å². The number of benzene rings is 1. The van der Waals surface area contributed by atoms with Gasteiger partial charge >= 0.3 is 0 Å². The molecular weight excluding hydrogens is 226 g/mol. The number of halogens is 1. The smallest absolute Gasteiger partial charge is 0.162 e. The molecule has 1 heterocycles. The monoisotopic (exact) mass is 241 g/mol. The van der Waals surface area contributed by atoms with Crippen LogP contribution >= 0.6 is 11.6 Å². The average molecular weight is 242 g/mol. The maximum absolute atomic E-state index is 6.17. The lowest BCUT2D eigenvalue weighted by molar-refractivity contribution is 0.297. The Balaban J connectivity index is 2.24. The van der Waals surface area contributed by atoms with E-state index in [4.69, 9.17) is 21.1 Å². The molecule has 16 heavy (non-hydrogen) atoms. The molecule has 0 atom stereocenters. The molecule has 0 spiro atoms. The molecule has 1 aromatic carbocycles. The lowest BCUT2D eigenvalue weighted by Gasteiger charge is -2.11. The van der Waals surface area contributed by atoms with Gasteiger partial charge < -0.3 is 14.8 Å². The second kappa shape index (κ2) is 5.41. The van der Waals surface area contributed by atoms with Crippen molar-refractivity contribution in [2.24, 2.45) is 0 Å². The maximum Gasteiger partial charge on any atom is 0.162 e. The summed E-state index contributed by atoms with van der Waals surface area (Å²) in [6, 6.07) is 3.81. The topological polar surface area (TPSA) is 30.5 Å². The fourth-order valence-corrected chi connectivity index (χ4v) is 1.84. The third-order valence-corrected chi connectivity index (χ3v) is 2.83. The first-order valence-electron chi connectivity index (χ1n) is 5.60. The summed E-state index contributed by atoms with van der Waals surface area (Å²) < 4.78 is 11.2. The Morgan fingerprint density at radius 3 is 2.62 bits per heavy atom. The third-order valence-electron chi connectivity index (χ3n) is 2.48. The number of hydrogen-bond donors (Lipinski definition) is 1. The Bertz CT molecular complexity index is 368. The molecule has 0 amide bonds. The normalized spacial score (nSPS) is 14.6. The van der Waals surface area contributed by atoms with E-state index < -0.39 is 0 Å². The van der Waals surface area contributed by atoms with Crippen molar-refractivity contribution in [2.75, 3.05) is 19.8 Å². The van der Waals surface area contributed by atoms with E-state index in [0.717, 1.165) is 41.6 Å². The van der Waals surface area contributed by atoms with E-state index in [2.05, 4.69) is 12.2 Å². The third kappa shape index (κ3) is 2.60. The van der Waals surface area contributed by atoms with Gasteiger partial charge in [-0.25, -0.2) is 0 Å². The van der Waals surface area contributed by atoms with Crippen molar-refractivity contribution < 1.29 is 9.47 Å². The van der Waals surface area contributed by atoms with Gasteiger partial charge in [0.05, 0.1) is 13.2 Å². The summed E-state index contributed by atoms with van der Waals surface area (Å²) in [4.78, 5) is 0. The molecule has 88 valence electrons. The second-order valence-electron chi connectivity index (χ2n) is 3.72. The Hall–Kier alpha value is -0.930. The molecular formula is C12H16ClNO2. The Kier molecular flexibility index (Phi) is 3.91. The molecule has 0 bridgehead atoms. The summed E-state index contributed by atoms with van der Waals surface area (Å²) in [5.41, 5.74) is 1.05. The summed E-state index contributed by atoms with van der Waals surface area (Å²) in [7, 11) is 0. The quantitative estimate of drug-likeness (QED) is 0.883. The predicted octanol–water partition coefficient (Wildman–Crippen LogP) is 2.61. The largest absolute Gasteiger partial charge is 0.490 e. The molecule has 4 heteroatoms. The van der Waals surface area contributed by atoms with Crippen LogP contribution in [0.5, 0.6) is 11.5 Å². The minimum Gasteiger partial charge on any atom is -0.490 e. The second-order valence-corrected chi connectivity index (χ2v) is 4.13. The minimum absolute atomic E-state index is 0.690. The van der Waals surface area contributed by atoms with Crippen molar-refractivity contribution in [3.63, 3.8) is 0 Å². The first-order chi connectivity index (χ1) is 7.81. The van der Waals surface area contributed by atoms with E-state index >= 15 is 0 Å². The van der Waals surface area contributed by atoms with Crippen molar-refractivity contribution in [1.29, 1.82) is 0 Å². The highest BCUT2D eigenvalue weighted by Crippen LogP contribution is 2.34. The van der Waals surface area contributed by atoms with Crippen molar-refractivity contribution in [2.45, 2.75) is 19.9 Å². The molecule has 0 aliphatic carbocycles. The molecule has 0 saturated carbocycles. The minimum atomic E-state index is 0.690. The van der Waals surface area contributed by atoms with Crippen LogP contribution in [0.25, 0.3) is 0 Å². The maximum atomic E-state index is 6.17. The molecule has 1 N–H and O–H groups in total. The van der Waals surface area contributed by atoms with E-state index in [1.807, 2.05) is 12.1 Å². The molecule has 0 radical (unpaired) electrons. The summed E-state index contributed by atoms with van der Waals surface area (Å²) in [5.74, 6) is 1.55. The summed E-state index contributed by atoms with van der Waals surface area (Å²) >= 11 is 6.17. The van der Waals surface area contributed by atoms with Crippen molar-refractivity contribution in [1.82, 2.24) is 5.32 Å². The van der Waals surface area contributed by atoms with Gasteiger partial charge in [-0.2, -0.15) is 0 Å². The lowest BCUT2D eigenvalue weighted by Crippen LogP contribution is -2.12. The van der Waals surface area contributed by atoms with Gasteiger partial charge in [0.2, 0.25) is 0 Å². The lowest BCUT2D eigenvalue weighted by atomic mass is 10.2. The molecule has 0 saturated heterocycles. The van der Waals surface area contributed by atoms with E-state index in [1.165, 1.54) is 0 Å². The van der Waals surface area contributed by atoms with Crippen LogP contribution in [0, 0.1) is 0 Å². The number of fused-ring (bicyclic) bond motifs is 1. The fraction of sp³-hybridized carbons (Fsp3) is 0.500. The zero-order chi connectivity index (χ0) is 11.4. The summed E-state index contributed by atoms with van der Waals surface area (Å²) in [6.07, 6.45) is 0.912. The van der Waals surface area contributed by atoms with Gasteiger partial charge in [0.25, 0.3) is 0 Å². The molecule has 1 aliphatic rings. The van der Waals surface area contributed by atoms with Crippen LogP contribution in [0.15, 0.2) is 12.1 Å². The molecule has 0 fully saturated rings. The number of rotatable bonds is 3. The Labute approximate surface area is 101 Å². The Morgan fingerprint density at radius 1 is 1.25 bits per heavy atom. The van der Waals surface area contributed by atoms with E-state index in [-0.39, 0.29) is 0 Å². The van der Waals surface area contributed by atoms with Gasteiger partial charge in [0, 0.05) is 24.1 Å². The zero-order valence-corrected chi connectivity index (χ0v) is 10.1. The first kappa shape index (κ1) is 11.6. The van der Waals surface area contributed by atoms with Gasteiger partial charge in [-0.3, -0.25) is 0 Å². The van der Waals surface area contributed by atoms with Gasteiger partial charge in [0.15, 0.2) is 11.5 Å². The number of ether oxygens (including phenoxy) is 2. The average Bonchev–Trinajstić information content (AvgIpc) is 2.50. The van der Waals surface area contributed by atoms with E-state index in [0.29, 0.717) is 13.2 Å². The van der Waals surface area contributed by atoms with Gasteiger partial charge in [-0.05, 0) is 18.2 Å². The molecule has 1 aliphatic heterocycles. The van der Waals surface area contributed by atoms with Crippen molar-refractivity contribution in [3.05, 3.63) is 22.7 Å². The van der Waals surface area contributed by atoms with E-state index in [9.17, 15) is 0 Å². The van der Waals surface area contributed by atoms with Crippen LogP contribution in [0.3, 0.4) is 0 Å². The standard InChI is InChI=1S/C12H16ClNO2/c1-2-14-8-9-6-11-12(7-10(9)13)16-5-3-4-15-11/h6-7,14H,2-5,8H2,1H3. The molecule has 0 aromatic heterocycles. The van der Waals surface area contributed by atoms with Gasteiger partial charge in [-0.15, -0.1) is 0 Å². The van der Waals surface area contributed by atoms with Crippen LogP contribution in [0.4, 0.5) is 0 Å². The fourth-order valence-electron chi connectivity index (χ4n) is 1.62. The summed E-state index contributed by atoms with van der Waals surface area (Å²) in [6.45, 7) is 5.14. The number of nitrogens with one attached hydrogen (secondary N) is 1. The van der Waals surface area contributed by atoms with Crippen LogP contribution in [0.2, 0.25) is 5.02 Å².